The average molecular weight is 168 g/mol. The molecule has 0 fully saturated rings. The highest BCUT2D eigenvalue weighted by Gasteiger charge is 1.70. The van der Waals surface area contributed by atoms with Gasteiger partial charge in [-0.3, -0.25) is 0 Å². The predicted molar refractivity (Wildman–Crippen MR) is 25.2 cm³/mol. The summed E-state index contributed by atoms with van der Waals surface area (Å²) in [6, 6.07) is 0. The molecule has 0 unspecified atom stereocenters. The molecule has 0 aromatic heterocycles. The Balaban J connectivity index is 0. The van der Waals surface area contributed by atoms with Crippen LogP contribution in [0.25, 0.3) is 0 Å². The zero-order chi connectivity index (χ0) is 6.28. The van der Waals surface area contributed by atoms with E-state index in [9.17, 15) is 0 Å². The monoisotopic (exact) mass is 167 g/mol. The Morgan fingerprint density at radius 2 is 1.71 bits per heavy atom. The van der Waals surface area contributed by atoms with Crippen molar-refractivity contribution in [3.63, 3.8) is 0 Å². The molecule has 0 rings (SSSR count). The van der Waals surface area contributed by atoms with Gasteiger partial charge in [0.05, 0.1) is 0 Å². The molecule has 0 spiro atoms. The van der Waals surface area contributed by atoms with Crippen LogP contribution in [0.15, 0.2) is 0 Å². The van der Waals surface area contributed by atoms with Crippen molar-refractivity contribution in [3.05, 3.63) is 0 Å². The number of nitriles is 1. The minimum absolute atomic E-state index is 1.56. The summed E-state index contributed by atoms with van der Waals surface area (Å²) in [5.41, 5.74) is 0. The van der Waals surface area contributed by atoms with Gasteiger partial charge in [0.25, 0.3) is 0 Å². The van der Waals surface area contributed by atoms with Crippen molar-refractivity contribution in [1.82, 2.24) is 0 Å². The minimum Gasteiger partial charge on any atom is -0.450 e. The van der Waals surface area contributed by atoms with Gasteiger partial charge in [0.2, 0.25) is 0 Å². The third-order valence-electron chi connectivity index (χ3n) is 0. The number of carbonyl (C=O) groups is 1. The Bertz CT molecular complexity index is 81.4. The first-order chi connectivity index (χ1) is 3.15. The summed E-state index contributed by atoms with van der Waals surface area (Å²) in [6.07, 6.45) is -1.83. The van der Waals surface area contributed by atoms with Crippen molar-refractivity contribution in [3.8, 4) is 4.98 Å². The molecule has 0 aromatic rings. The highest BCUT2D eigenvalue weighted by Crippen LogP contribution is 1.58. The molecule has 0 atom stereocenters. The Kier molecular flexibility index (Phi) is 12.2. The molecule has 0 aromatic carbocycles. The molecule has 0 saturated heterocycles. The molecule has 2 N–H and O–H groups in total. The van der Waals surface area contributed by atoms with Crippen LogP contribution in [-0.4, -0.2) is 16.4 Å². The quantitative estimate of drug-likeness (QED) is 0.566. The van der Waals surface area contributed by atoms with Crippen LogP contribution in [0.4, 0.5) is 4.79 Å². The summed E-state index contributed by atoms with van der Waals surface area (Å²) in [6.45, 7) is 0. The SMILES string of the molecule is N#CBr.O=C(O)O. The maximum atomic E-state index is 8.56. The van der Waals surface area contributed by atoms with Gasteiger partial charge in [-0.05, 0) is 0 Å². The predicted octanol–water partition coefficient (Wildman–Crippen LogP) is 1.08. The molecule has 0 aliphatic carbocycles. The summed E-state index contributed by atoms with van der Waals surface area (Å²) in [7, 11) is 0. The van der Waals surface area contributed by atoms with Gasteiger partial charge in [-0.15, -0.1) is 0 Å². The molecule has 0 bridgehead atoms. The number of hydrogen-bond donors (Lipinski definition) is 2. The van der Waals surface area contributed by atoms with Gasteiger partial charge >= 0.3 is 6.16 Å². The van der Waals surface area contributed by atoms with Crippen molar-refractivity contribution in [1.29, 1.82) is 5.26 Å². The molecule has 40 valence electrons. The van der Waals surface area contributed by atoms with Gasteiger partial charge in [-0.25, -0.2) is 4.79 Å². The highest BCUT2D eigenvalue weighted by atomic mass is 79.9. The van der Waals surface area contributed by atoms with Gasteiger partial charge in [-0.2, -0.15) is 5.26 Å². The van der Waals surface area contributed by atoms with E-state index in [1.54, 1.807) is 4.98 Å². The molecule has 0 aliphatic heterocycles. The third kappa shape index (κ3) is 95.2. The molecule has 5 heteroatoms. The lowest BCUT2D eigenvalue weighted by molar-refractivity contribution is 0.137. The van der Waals surface area contributed by atoms with Crippen LogP contribution in [0.5, 0.6) is 0 Å². The molecule has 0 radical (unpaired) electrons. The van der Waals surface area contributed by atoms with E-state index >= 15 is 0 Å². The van der Waals surface area contributed by atoms with E-state index in [4.69, 9.17) is 20.3 Å². The van der Waals surface area contributed by atoms with Crippen molar-refractivity contribution < 1.29 is 15.0 Å². The first-order valence-corrected chi connectivity index (χ1v) is 1.86. The fourth-order valence-electron chi connectivity index (χ4n) is 0. The summed E-state index contributed by atoms with van der Waals surface area (Å²) >= 11 is 2.45. The zero-order valence-corrected chi connectivity index (χ0v) is 4.71. The number of carboxylic acid groups (broad SMARTS) is 2. The Labute approximate surface area is 48.1 Å². The summed E-state index contributed by atoms with van der Waals surface area (Å²) in [4.78, 5) is 10.1. The lowest BCUT2D eigenvalue weighted by Crippen LogP contribution is -1.81. The average Bonchev–Trinajstić information content (AvgIpc) is 1.33. The summed E-state index contributed by atoms with van der Waals surface area (Å²) in [5, 5.41) is 21.2. The van der Waals surface area contributed by atoms with E-state index in [1.165, 1.54) is 0 Å². The molecule has 0 aliphatic rings. The second-order valence-electron chi connectivity index (χ2n) is 0.367. The van der Waals surface area contributed by atoms with Gasteiger partial charge < -0.3 is 10.2 Å². The van der Waals surface area contributed by atoms with Crippen LogP contribution < -0.4 is 0 Å². The molecule has 4 nitrogen and oxygen atoms in total. The van der Waals surface area contributed by atoms with Crippen LogP contribution in [0.3, 0.4) is 0 Å². The van der Waals surface area contributed by atoms with Crippen LogP contribution in [0.2, 0.25) is 0 Å². The van der Waals surface area contributed by atoms with Crippen molar-refractivity contribution in [2.75, 3.05) is 0 Å². The number of nitrogens with zero attached hydrogens (tertiary/aromatic N) is 1. The Morgan fingerprint density at radius 3 is 1.71 bits per heavy atom. The second-order valence-corrected chi connectivity index (χ2v) is 0.722. The Hall–Kier alpha value is -0.760. The molecule has 0 heterocycles. The van der Waals surface area contributed by atoms with Crippen LogP contribution >= 0.6 is 15.9 Å². The fourth-order valence-corrected chi connectivity index (χ4v) is 0. The lowest BCUT2D eigenvalue weighted by atomic mass is 11.5. The van der Waals surface area contributed by atoms with E-state index in [-0.39, 0.29) is 0 Å². The maximum Gasteiger partial charge on any atom is 0.503 e. The van der Waals surface area contributed by atoms with Crippen molar-refractivity contribution in [2.45, 2.75) is 0 Å². The van der Waals surface area contributed by atoms with E-state index in [2.05, 4.69) is 15.9 Å². The van der Waals surface area contributed by atoms with Gasteiger partial charge in [0.1, 0.15) is 4.98 Å². The normalized spacial score (nSPS) is 4.57. The first-order valence-electron chi connectivity index (χ1n) is 1.06. The Morgan fingerprint density at radius 1 is 1.71 bits per heavy atom. The molecule has 0 saturated carbocycles. The fraction of sp³-hybridized carbons (Fsp3) is 0. The maximum absolute atomic E-state index is 8.56. The highest BCUT2D eigenvalue weighted by molar-refractivity contribution is 9.12. The zero-order valence-electron chi connectivity index (χ0n) is 3.13. The van der Waals surface area contributed by atoms with Crippen LogP contribution in [0.1, 0.15) is 0 Å². The van der Waals surface area contributed by atoms with Crippen LogP contribution in [0, 0.1) is 10.2 Å². The first kappa shape index (κ1) is 9.53. The van der Waals surface area contributed by atoms with Gasteiger partial charge in [0.15, 0.2) is 0 Å². The van der Waals surface area contributed by atoms with E-state index < -0.39 is 6.16 Å². The van der Waals surface area contributed by atoms with Crippen molar-refractivity contribution in [2.24, 2.45) is 0 Å². The smallest absolute Gasteiger partial charge is 0.450 e. The largest absolute Gasteiger partial charge is 0.503 e. The minimum atomic E-state index is -1.83. The molecular weight excluding hydrogens is 166 g/mol. The second kappa shape index (κ2) is 8.97. The standard InChI is InChI=1S/CBrN.CH2O3/c2-1-3;2-1(3)4/h;(H2,2,3,4). The molecular formula is C2H2BrNO3. The van der Waals surface area contributed by atoms with Crippen LogP contribution in [-0.2, 0) is 0 Å². The molecule has 0 amide bonds. The van der Waals surface area contributed by atoms with Gasteiger partial charge in [0, 0.05) is 15.9 Å². The number of rotatable bonds is 0. The number of hydrogen-bond acceptors (Lipinski definition) is 2. The van der Waals surface area contributed by atoms with Crippen molar-refractivity contribution >= 4 is 22.1 Å². The summed E-state index contributed by atoms with van der Waals surface area (Å²) in [5.74, 6) is 0. The molecule has 7 heavy (non-hydrogen) atoms. The van der Waals surface area contributed by atoms with E-state index in [0.29, 0.717) is 0 Å². The summed E-state index contributed by atoms with van der Waals surface area (Å²) < 4.78 is 0. The van der Waals surface area contributed by atoms with Gasteiger partial charge in [-0.1, -0.05) is 0 Å². The van der Waals surface area contributed by atoms with E-state index in [0.717, 1.165) is 0 Å². The topological polar surface area (TPSA) is 81.3 Å². The van der Waals surface area contributed by atoms with E-state index in [1.807, 2.05) is 0 Å². The third-order valence-corrected chi connectivity index (χ3v) is 0. The lowest BCUT2D eigenvalue weighted by Gasteiger charge is -1.60. The number of halogens is 1.